The van der Waals surface area contributed by atoms with Gasteiger partial charge in [-0.15, -0.1) is 11.8 Å². The van der Waals surface area contributed by atoms with E-state index in [0.717, 1.165) is 38.8 Å². The molecule has 19 heavy (non-hydrogen) atoms. The number of hydrogen-bond donors (Lipinski definition) is 0. The van der Waals surface area contributed by atoms with Gasteiger partial charge in [-0.1, -0.05) is 12.2 Å². The lowest BCUT2D eigenvalue weighted by Gasteiger charge is -2.24. The smallest absolute Gasteiger partial charge is 0.315 e. The van der Waals surface area contributed by atoms with Crippen molar-refractivity contribution in [1.29, 1.82) is 0 Å². The highest BCUT2D eigenvalue weighted by atomic mass is 32.2. The van der Waals surface area contributed by atoms with Gasteiger partial charge in [-0.2, -0.15) is 0 Å². The second kappa shape index (κ2) is 6.98. The summed E-state index contributed by atoms with van der Waals surface area (Å²) in [6.07, 6.45) is 8.14. The second-order valence-electron chi connectivity index (χ2n) is 5.06. The minimum absolute atomic E-state index is 0.175. The fraction of sp³-hybridized carbons (Fsp3) is 0.714. The number of ether oxygens (including phenoxy) is 1. The predicted octanol–water partition coefficient (Wildman–Crippen LogP) is 1.85. The number of methoxy groups -OCH3 is 1. The number of carbonyl (C=O) groups is 2. The zero-order valence-corrected chi connectivity index (χ0v) is 12.2. The molecule has 1 saturated heterocycles. The third-order valence-corrected chi connectivity index (χ3v) is 5.00. The fourth-order valence-electron chi connectivity index (χ4n) is 2.59. The van der Waals surface area contributed by atoms with Crippen molar-refractivity contribution in [3.8, 4) is 0 Å². The normalized spacial score (nSPS) is 26.5. The molecule has 0 aromatic heterocycles. The first-order chi connectivity index (χ1) is 9.20. The Kier molecular flexibility index (Phi) is 5.31. The molecular weight excluding hydrogens is 262 g/mol. The van der Waals surface area contributed by atoms with Gasteiger partial charge in [0.15, 0.2) is 0 Å². The summed E-state index contributed by atoms with van der Waals surface area (Å²) in [5.74, 6) is 0.669. The summed E-state index contributed by atoms with van der Waals surface area (Å²) < 4.78 is 4.63. The number of hydrogen-bond acceptors (Lipinski definition) is 4. The SMILES string of the molecule is COC(=O)CS[C@H]1CCN(C(=O)[C@@H]2CC=CCC2)C1. The molecule has 0 unspecified atom stereocenters. The molecule has 0 bridgehead atoms. The van der Waals surface area contributed by atoms with Gasteiger partial charge in [0.1, 0.15) is 0 Å². The molecule has 0 aromatic carbocycles. The molecule has 2 atom stereocenters. The topological polar surface area (TPSA) is 46.6 Å². The van der Waals surface area contributed by atoms with Crippen LogP contribution in [0, 0.1) is 5.92 Å². The molecule has 2 aliphatic rings. The van der Waals surface area contributed by atoms with Crippen molar-refractivity contribution in [3.05, 3.63) is 12.2 Å². The quantitative estimate of drug-likeness (QED) is 0.583. The van der Waals surface area contributed by atoms with Crippen LogP contribution in [-0.2, 0) is 14.3 Å². The van der Waals surface area contributed by atoms with Crippen molar-refractivity contribution >= 4 is 23.6 Å². The van der Waals surface area contributed by atoms with Crippen LogP contribution in [0.25, 0.3) is 0 Å². The number of likely N-dealkylation sites (tertiary alicyclic amines) is 1. The van der Waals surface area contributed by atoms with E-state index in [4.69, 9.17) is 0 Å². The first kappa shape index (κ1) is 14.4. The van der Waals surface area contributed by atoms with E-state index >= 15 is 0 Å². The summed E-state index contributed by atoms with van der Waals surface area (Å²) in [7, 11) is 1.41. The third kappa shape index (κ3) is 4.00. The minimum Gasteiger partial charge on any atom is -0.468 e. The molecule has 4 nitrogen and oxygen atoms in total. The average molecular weight is 283 g/mol. The van der Waals surface area contributed by atoms with Crippen molar-refractivity contribution in [1.82, 2.24) is 4.90 Å². The Balaban J connectivity index is 1.76. The van der Waals surface area contributed by atoms with E-state index in [0.29, 0.717) is 16.9 Å². The number of amides is 1. The molecule has 1 aliphatic heterocycles. The standard InChI is InChI=1S/C14H21NO3S/c1-18-13(16)10-19-12-7-8-15(9-12)14(17)11-5-3-2-4-6-11/h2-3,11-12H,4-10H2,1H3/t11-,12+/m1/s1. The summed E-state index contributed by atoms with van der Waals surface area (Å²) in [6.45, 7) is 1.61. The van der Waals surface area contributed by atoms with E-state index in [2.05, 4.69) is 16.9 Å². The lowest BCUT2D eigenvalue weighted by molar-refractivity contribution is -0.137. The van der Waals surface area contributed by atoms with Crippen LogP contribution in [0.15, 0.2) is 12.2 Å². The molecule has 1 fully saturated rings. The number of rotatable bonds is 4. The largest absolute Gasteiger partial charge is 0.468 e. The van der Waals surface area contributed by atoms with Crippen LogP contribution in [0.5, 0.6) is 0 Å². The maximum Gasteiger partial charge on any atom is 0.315 e. The molecule has 0 spiro atoms. The Labute approximate surface area is 118 Å². The van der Waals surface area contributed by atoms with E-state index in [-0.39, 0.29) is 11.9 Å². The van der Waals surface area contributed by atoms with Crippen LogP contribution in [0.4, 0.5) is 0 Å². The van der Waals surface area contributed by atoms with E-state index in [1.54, 1.807) is 11.8 Å². The minimum atomic E-state index is -0.188. The number of esters is 1. The van der Waals surface area contributed by atoms with Crippen LogP contribution in [0.1, 0.15) is 25.7 Å². The van der Waals surface area contributed by atoms with Crippen molar-refractivity contribution in [2.24, 2.45) is 5.92 Å². The summed E-state index contributed by atoms with van der Waals surface area (Å²) in [6, 6.07) is 0. The molecule has 1 aliphatic carbocycles. The van der Waals surface area contributed by atoms with Gasteiger partial charge in [0.05, 0.1) is 12.9 Å². The molecule has 0 radical (unpaired) electrons. The van der Waals surface area contributed by atoms with Gasteiger partial charge in [-0.05, 0) is 25.7 Å². The highest BCUT2D eigenvalue weighted by molar-refractivity contribution is 8.00. The van der Waals surface area contributed by atoms with Crippen molar-refractivity contribution < 1.29 is 14.3 Å². The Hall–Kier alpha value is -0.970. The van der Waals surface area contributed by atoms with Gasteiger partial charge in [0, 0.05) is 24.3 Å². The van der Waals surface area contributed by atoms with Crippen LogP contribution in [-0.4, -0.2) is 48.0 Å². The zero-order chi connectivity index (χ0) is 13.7. The van der Waals surface area contributed by atoms with Crippen molar-refractivity contribution in [2.75, 3.05) is 26.0 Å². The first-order valence-electron chi connectivity index (χ1n) is 6.83. The molecule has 2 rings (SSSR count). The maximum absolute atomic E-state index is 12.3. The number of allylic oxidation sites excluding steroid dienone is 2. The lowest BCUT2D eigenvalue weighted by Crippen LogP contribution is -2.35. The maximum atomic E-state index is 12.3. The van der Waals surface area contributed by atoms with Gasteiger partial charge in [-0.3, -0.25) is 9.59 Å². The van der Waals surface area contributed by atoms with Crippen LogP contribution in [0.3, 0.4) is 0 Å². The van der Waals surface area contributed by atoms with Gasteiger partial charge in [0.25, 0.3) is 0 Å². The van der Waals surface area contributed by atoms with Gasteiger partial charge in [0.2, 0.25) is 5.91 Å². The van der Waals surface area contributed by atoms with E-state index < -0.39 is 0 Å². The fourth-order valence-corrected chi connectivity index (χ4v) is 3.63. The predicted molar refractivity (Wildman–Crippen MR) is 75.9 cm³/mol. The molecule has 0 aromatic rings. The Bertz CT molecular complexity index is 370. The molecule has 5 heteroatoms. The summed E-state index contributed by atoms with van der Waals surface area (Å²) >= 11 is 1.60. The number of thioether (sulfide) groups is 1. The average Bonchev–Trinajstić information content (AvgIpc) is 2.93. The number of nitrogens with zero attached hydrogens (tertiary/aromatic N) is 1. The molecule has 106 valence electrons. The molecule has 0 N–H and O–H groups in total. The van der Waals surface area contributed by atoms with E-state index in [1.165, 1.54) is 7.11 Å². The molecule has 1 heterocycles. The monoisotopic (exact) mass is 283 g/mol. The third-order valence-electron chi connectivity index (χ3n) is 3.74. The zero-order valence-electron chi connectivity index (χ0n) is 11.3. The second-order valence-corrected chi connectivity index (χ2v) is 6.35. The van der Waals surface area contributed by atoms with Crippen molar-refractivity contribution in [2.45, 2.75) is 30.9 Å². The molecular formula is C14H21NO3S. The van der Waals surface area contributed by atoms with E-state index in [9.17, 15) is 9.59 Å². The summed E-state index contributed by atoms with van der Waals surface area (Å²) in [5.41, 5.74) is 0. The van der Waals surface area contributed by atoms with Gasteiger partial charge in [-0.25, -0.2) is 0 Å². The van der Waals surface area contributed by atoms with Crippen LogP contribution in [0.2, 0.25) is 0 Å². The first-order valence-corrected chi connectivity index (χ1v) is 7.87. The van der Waals surface area contributed by atoms with E-state index in [1.807, 2.05) is 4.90 Å². The molecule has 1 amide bonds. The summed E-state index contributed by atoms with van der Waals surface area (Å²) in [5, 5.41) is 0.377. The lowest BCUT2D eigenvalue weighted by atomic mass is 9.93. The van der Waals surface area contributed by atoms with Crippen molar-refractivity contribution in [3.63, 3.8) is 0 Å². The highest BCUT2D eigenvalue weighted by Gasteiger charge is 2.31. The van der Waals surface area contributed by atoms with Gasteiger partial charge >= 0.3 is 5.97 Å². The Morgan fingerprint density at radius 3 is 2.89 bits per heavy atom. The van der Waals surface area contributed by atoms with Gasteiger partial charge < -0.3 is 9.64 Å². The Morgan fingerprint density at radius 2 is 2.21 bits per heavy atom. The highest BCUT2D eigenvalue weighted by Crippen LogP contribution is 2.27. The van der Waals surface area contributed by atoms with Crippen LogP contribution >= 0.6 is 11.8 Å². The number of carbonyl (C=O) groups excluding carboxylic acids is 2. The molecule has 0 saturated carbocycles. The van der Waals surface area contributed by atoms with Crippen LogP contribution < -0.4 is 0 Å². The summed E-state index contributed by atoms with van der Waals surface area (Å²) in [4.78, 5) is 25.4. The Morgan fingerprint density at radius 1 is 1.37 bits per heavy atom.